The van der Waals surface area contributed by atoms with Crippen molar-refractivity contribution in [2.75, 3.05) is 4.90 Å². The molecule has 2 nitrogen and oxygen atoms in total. The van der Waals surface area contributed by atoms with Gasteiger partial charge in [-0.1, -0.05) is 182 Å². The van der Waals surface area contributed by atoms with Gasteiger partial charge in [-0.25, -0.2) is 0 Å². The summed E-state index contributed by atoms with van der Waals surface area (Å²) in [6.07, 6.45) is 0. The Morgan fingerprint density at radius 1 is 0.316 bits per heavy atom. The molecule has 11 aromatic rings. The molecule has 0 radical (unpaired) electrons. The number of rotatable bonds is 8. The van der Waals surface area contributed by atoms with E-state index in [1.54, 1.807) is 0 Å². The summed E-state index contributed by atoms with van der Waals surface area (Å²) >= 11 is 0. The fourth-order valence-electron chi connectivity index (χ4n) is 9.46. The molecule has 0 amide bonds. The lowest BCUT2D eigenvalue weighted by atomic mass is 9.99. The Kier molecular flexibility index (Phi) is 7.87. The molecule has 0 spiro atoms. The van der Waals surface area contributed by atoms with Gasteiger partial charge in [-0.2, -0.15) is 0 Å². The molecule has 0 aliphatic carbocycles. The highest BCUT2D eigenvalue weighted by molar-refractivity contribution is 7.19. The largest absolute Gasteiger partial charge is 0.309 e. The van der Waals surface area contributed by atoms with Crippen LogP contribution in [-0.2, 0) is 0 Å². The lowest BCUT2D eigenvalue weighted by molar-refractivity contribution is 1.18. The van der Waals surface area contributed by atoms with Crippen molar-refractivity contribution < 1.29 is 0 Å². The summed E-state index contributed by atoms with van der Waals surface area (Å²) in [6, 6.07) is 85.2. The molecule has 1 heterocycles. The molecule has 0 aliphatic heterocycles. The van der Waals surface area contributed by atoms with Crippen molar-refractivity contribution in [3.05, 3.63) is 231 Å². The Balaban J connectivity index is 1.18. The molecular formula is C54H38N2Si. The molecular weight excluding hydrogens is 705 g/mol. The maximum absolute atomic E-state index is 2.70. The van der Waals surface area contributed by atoms with Crippen LogP contribution in [0, 0.1) is 0 Å². The van der Waals surface area contributed by atoms with Crippen molar-refractivity contribution in [2.24, 2.45) is 0 Å². The van der Waals surface area contributed by atoms with E-state index in [0.29, 0.717) is 0 Å². The maximum Gasteiger partial charge on any atom is 0.179 e. The van der Waals surface area contributed by atoms with Gasteiger partial charge >= 0.3 is 0 Å². The Morgan fingerprint density at radius 3 is 1.49 bits per heavy atom. The quantitative estimate of drug-likeness (QED) is 0.0855. The van der Waals surface area contributed by atoms with Gasteiger partial charge in [-0.15, -0.1) is 0 Å². The molecule has 57 heavy (non-hydrogen) atoms. The zero-order valence-electron chi connectivity index (χ0n) is 31.3. The van der Waals surface area contributed by atoms with Crippen LogP contribution in [0.15, 0.2) is 231 Å². The predicted octanol–water partition coefficient (Wildman–Crippen LogP) is 11.4. The summed E-state index contributed by atoms with van der Waals surface area (Å²) < 4.78 is 2.42. The number of hydrogen-bond donors (Lipinski definition) is 0. The second kappa shape index (κ2) is 13.5. The van der Waals surface area contributed by atoms with E-state index in [2.05, 4.69) is 240 Å². The highest BCUT2D eigenvalue weighted by Gasteiger charge is 2.41. The van der Waals surface area contributed by atoms with Crippen molar-refractivity contribution in [3.63, 3.8) is 0 Å². The van der Waals surface area contributed by atoms with Crippen LogP contribution in [0.3, 0.4) is 0 Å². The van der Waals surface area contributed by atoms with E-state index < -0.39 is 8.07 Å². The molecule has 10 aromatic carbocycles. The average Bonchev–Trinajstić information content (AvgIpc) is 3.64. The molecule has 0 aliphatic rings. The molecule has 0 unspecified atom stereocenters. The van der Waals surface area contributed by atoms with Gasteiger partial charge in [0, 0.05) is 32.9 Å². The molecule has 11 rings (SSSR count). The fraction of sp³-hybridized carbons (Fsp3) is 0. The van der Waals surface area contributed by atoms with Crippen molar-refractivity contribution in [1.29, 1.82) is 0 Å². The van der Waals surface area contributed by atoms with Crippen molar-refractivity contribution in [2.45, 2.75) is 0 Å². The minimum Gasteiger partial charge on any atom is -0.309 e. The van der Waals surface area contributed by atoms with Gasteiger partial charge in [0.15, 0.2) is 8.07 Å². The summed E-state index contributed by atoms with van der Waals surface area (Å²) in [4.78, 5) is 2.49. The Hall–Kier alpha value is -7.20. The molecule has 0 N–H and O–H groups in total. The molecule has 0 atom stereocenters. The highest BCUT2D eigenvalue weighted by Crippen LogP contribution is 2.47. The summed E-state index contributed by atoms with van der Waals surface area (Å²) in [5, 5.41) is 12.9. The summed E-state index contributed by atoms with van der Waals surface area (Å²) in [5.74, 6) is 0. The lowest BCUT2D eigenvalue weighted by Crippen LogP contribution is -2.74. The van der Waals surface area contributed by atoms with Crippen molar-refractivity contribution in [3.8, 4) is 5.69 Å². The second-order valence-corrected chi connectivity index (χ2v) is 18.7. The molecule has 0 saturated carbocycles. The monoisotopic (exact) mass is 742 g/mol. The van der Waals surface area contributed by atoms with Crippen molar-refractivity contribution >= 4 is 89.2 Å². The molecule has 1 aromatic heterocycles. The number of benzene rings is 10. The van der Waals surface area contributed by atoms with E-state index in [4.69, 9.17) is 0 Å². The van der Waals surface area contributed by atoms with Crippen LogP contribution in [0.2, 0.25) is 0 Å². The number of para-hydroxylation sites is 1. The normalized spacial score (nSPS) is 11.9. The van der Waals surface area contributed by atoms with Crippen LogP contribution in [0.4, 0.5) is 17.1 Å². The Morgan fingerprint density at radius 2 is 0.825 bits per heavy atom. The standard InChI is InChI=1S/C54H38N2Si/c1-5-20-41(21-6-1)56-51-30-16-19-40-31-36-48-50(37-38-52(56)54(48)53(40)51)55(49-29-15-18-39-17-13-14-28-47(39)49)42-32-34-46(35-33-42)57(43-22-7-2-8-23-43,44-24-9-3-10-25-44)45-26-11-4-12-27-45/h1-38H. The van der Waals surface area contributed by atoms with E-state index in [1.165, 1.54) is 69.8 Å². The zero-order valence-corrected chi connectivity index (χ0v) is 32.3. The topological polar surface area (TPSA) is 8.17 Å². The third-order valence-electron chi connectivity index (χ3n) is 11.9. The molecule has 0 bridgehead atoms. The minimum absolute atomic E-state index is 1.12. The van der Waals surface area contributed by atoms with Crippen LogP contribution in [0.5, 0.6) is 0 Å². The van der Waals surface area contributed by atoms with Gasteiger partial charge in [0.1, 0.15) is 0 Å². The first-order chi connectivity index (χ1) is 28.3. The number of fused-ring (bicyclic) bond motifs is 1. The van der Waals surface area contributed by atoms with Crippen LogP contribution >= 0.6 is 0 Å². The molecule has 0 saturated heterocycles. The SMILES string of the molecule is c1ccc(-n2c3cccc4ccc5c(N(c6ccc([Si](c7ccccc7)(c7ccccc7)c7ccccc7)cc6)c6cccc7ccccc67)ccc2c5c43)cc1. The van der Waals surface area contributed by atoms with E-state index in [-0.39, 0.29) is 0 Å². The first-order valence-electron chi connectivity index (χ1n) is 19.7. The average molecular weight is 743 g/mol. The molecule has 268 valence electrons. The van der Waals surface area contributed by atoms with Crippen molar-refractivity contribution in [1.82, 2.24) is 4.57 Å². The van der Waals surface area contributed by atoms with Gasteiger partial charge in [-0.3, -0.25) is 0 Å². The van der Waals surface area contributed by atoms with Gasteiger partial charge < -0.3 is 9.47 Å². The van der Waals surface area contributed by atoms with E-state index in [0.717, 1.165) is 17.1 Å². The molecule has 3 heteroatoms. The predicted molar refractivity (Wildman–Crippen MR) is 245 cm³/mol. The number of anilines is 3. The van der Waals surface area contributed by atoms with E-state index >= 15 is 0 Å². The zero-order chi connectivity index (χ0) is 37.8. The third-order valence-corrected chi connectivity index (χ3v) is 16.7. The summed E-state index contributed by atoms with van der Waals surface area (Å²) in [7, 11) is -2.70. The number of aromatic nitrogens is 1. The van der Waals surface area contributed by atoms with Gasteiger partial charge in [0.25, 0.3) is 0 Å². The fourth-order valence-corrected chi connectivity index (χ4v) is 14.2. The second-order valence-electron chi connectivity index (χ2n) is 14.9. The first-order valence-corrected chi connectivity index (χ1v) is 21.7. The Bertz CT molecular complexity index is 3050. The first kappa shape index (κ1) is 33.2. The van der Waals surface area contributed by atoms with Gasteiger partial charge in [0.05, 0.1) is 22.4 Å². The maximum atomic E-state index is 2.49. The highest BCUT2D eigenvalue weighted by atomic mass is 28.3. The summed E-state index contributed by atoms with van der Waals surface area (Å²) in [5.41, 5.74) is 7.03. The Labute approximate surface area is 333 Å². The van der Waals surface area contributed by atoms with E-state index in [1.807, 2.05) is 0 Å². The van der Waals surface area contributed by atoms with E-state index in [9.17, 15) is 0 Å². The number of nitrogens with zero attached hydrogens (tertiary/aromatic N) is 2. The smallest absolute Gasteiger partial charge is 0.179 e. The van der Waals surface area contributed by atoms with Gasteiger partial charge in [0.2, 0.25) is 0 Å². The van der Waals surface area contributed by atoms with Crippen LogP contribution < -0.4 is 25.6 Å². The lowest BCUT2D eigenvalue weighted by Gasteiger charge is -2.35. The van der Waals surface area contributed by atoms with Crippen LogP contribution in [-0.4, -0.2) is 12.6 Å². The van der Waals surface area contributed by atoms with Crippen LogP contribution in [0.1, 0.15) is 0 Å². The minimum atomic E-state index is -2.70. The van der Waals surface area contributed by atoms with Crippen LogP contribution in [0.25, 0.3) is 49.0 Å². The summed E-state index contributed by atoms with van der Waals surface area (Å²) in [6.45, 7) is 0. The third kappa shape index (κ3) is 5.17. The number of hydrogen-bond acceptors (Lipinski definition) is 1. The van der Waals surface area contributed by atoms with Gasteiger partial charge in [-0.05, 0) is 80.1 Å². The molecule has 0 fully saturated rings.